The van der Waals surface area contributed by atoms with Gasteiger partial charge in [-0.1, -0.05) is 31.5 Å². The Morgan fingerprint density at radius 1 is 1.22 bits per heavy atom. The third-order valence-electron chi connectivity index (χ3n) is 5.16. The van der Waals surface area contributed by atoms with E-state index in [1.165, 1.54) is 49.1 Å². The van der Waals surface area contributed by atoms with E-state index in [9.17, 15) is 14.4 Å². The monoisotopic (exact) mass is 393 g/mol. The van der Waals surface area contributed by atoms with Crippen molar-refractivity contribution in [1.29, 1.82) is 0 Å². The number of nitrogens with zero attached hydrogens (tertiary/aromatic N) is 4. The number of aryl methyl sites for hydroxylation is 2. The van der Waals surface area contributed by atoms with Gasteiger partial charge < -0.3 is 9.88 Å². The molecule has 9 heteroatoms. The standard InChI is InChI=1S/C18H27N5O3S/c1-4-9-23-14-15(21(2)18(26)22(3)16(14)25)20-17(23)27-11-13(24)19-10-12-7-5-6-8-12/h12H,4-11H2,1-3H3,(H,19,24). The van der Waals surface area contributed by atoms with E-state index < -0.39 is 5.69 Å². The molecule has 0 aromatic carbocycles. The Bertz CT molecular complexity index is 953. The fraction of sp³-hybridized carbons (Fsp3) is 0.667. The first kappa shape index (κ1) is 19.7. The topological polar surface area (TPSA) is 90.9 Å². The molecule has 1 saturated carbocycles. The number of nitrogens with one attached hydrogen (secondary N) is 1. The van der Waals surface area contributed by atoms with Crippen molar-refractivity contribution < 1.29 is 4.79 Å². The van der Waals surface area contributed by atoms with Crippen LogP contribution in [0.5, 0.6) is 0 Å². The fourth-order valence-corrected chi connectivity index (χ4v) is 4.47. The van der Waals surface area contributed by atoms with Crippen LogP contribution < -0.4 is 16.6 Å². The molecule has 1 amide bonds. The molecule has 0 unspecified atom stereocenters. The van der Waals surface area contributed by atoms with Crippen LogP contribution in [-0.2, 0) is 25.4 Å². The molecule has 2 heterocycles. The Morgan fingerprint density at radius 3 is 2.59 bits per heavy atom. The highest BCUT2D eigenvalue weighted by molar-refractivity contribution is 7.99. The highest BCUT2D eigenvalue weighted by Gasteiger charge is 2.20. The van der Waals surface area contributed by atoms with E-state index in [4.69, 9.17) is 0 Å². The molecule has 0 spiro atoms. The first-order chi connectivity index (χ1) is 12.9. The minimum Gasteiger partial charge on any atom is -0.355 e. The number of thioether (sulfide) groups is 1. The first-order valence-corrected chi connectivity index (χ1v) is 10.5. The van der Waals surface area contributed by atoms with Crippen molar-refractivity contribution in [3.8, 4) is 0 Å². The van der Waals surface area contributed by atoms with Gasteiger partial charge in [-0.15, -0.1) is 0 Å². The third-order valence-corrected chi connectivity index (χ3v) is 6.13. The second-order valence-electron chi connectivity index (χ2n) is 7.17. The Hall–Kier alpha value is -2.03. The van der Waals surface area contributed by atoms with Crippen molar-refractivity contribution in [2.75, 3.05) is 12.3 Å². The van der Waals surface area contributed by atoms with Crippen molar-refractivity contribution in [1.82, 2.24) is 24.0 Å². The van der Waals surface area contributed by atoms with E-state index in [1.54, 1.807) is 7.05 Å². The van der Waals surface area contributed by atoms with Crippen LogP contribution in [-0.4, -0.2) is 36.9 Å². The lowest BCUT2D eigenvalue weighted by molar-refractivity contribution is -0.118. The molecule has 0 atom stereocenters. The zero-order valence-corrected chi connectivity index (χ0v) is 17.0. The maximum atomic E-state index is 12.6. The summed E-state index contributed by atoms with van der Waals surface area (Å²) in [6.45, 7) is 3.36. The molecule has 3 rings (SSSR count). The van der Waals surface area contributed by atoms with E-state index in [1.807, 2.05) is 11.5 Å². The highest BCUT2D eigenvalue weighted by atomic mass is 32.2. The normalized spacial score (nSPS) is 14.9. The van der Waals surface area contributed by atoms with Crippen LogP contribution in [0.3, 0.4) is 0 Å². The van der Waals surface area contributed by atoms with Crippen molar-refractivity contribution in [3.63, 3.8) is 0 Å². The minimum atomic E-state index is -0.403. The fourth-order valence-electron chi connectivity index (χ4n) is 3.62. The van der Waals surface area contributed by atoms with Crippen molar-refractivity contribution in [2.45, 2.75) is 50.7 Å². The van der Waals surface area contributed by atoms with Gasteiger partial charge in [0.05, 0.1) is 5.75 Å². The summed E-state index contributed by atoms with van der Waals surface area (Å²) < 4.78 is 4.30. The molecule has 1 aliphatic rings. The van der Waals surface area contributed by atoms with Gasteiger partial charge in [-0.3, -0.25) is 18.7 Å². The molecule has 2 aromatic heterocycles. The molecule has 1 N–H and O–H groups in total. The van der Waals surface area contributed by atoms with E-state index in [0.717, 1.165) is 17.5 Å². The molecule has 148 valence electrons. The second kappa shape index (κ2) is 8.33. The number of carbonyl (C=O) groups excluding carboxylic acids is 1. The Labute approximate surface area is 162 Å². The number of fused-ring (bicyclic) bond motifs is 1. The van der Waals surface area contributed by atoms with Gasteiger partial charge in [0.1, 0.15) is 0 Å². The molecule has 27 heavy (non-hydrogen) atoms. The summed E-state index contributed by atoms with van der Waals surface area (Å²) >= 11 is 1.31. The molecular weight excluding hydrogens is 366 g/mol. The van der Waals surface area contributed by atoms with Crippen LogP contribution in [0, 0.1) is 5.92 Å². The number of hydrogen-bond acceptors (Lipinski definition) is 5. The quantitative estimate of drug-likeness (QED) is 0.715. The van der Waals surface area contributed by atoms with Crippen LogP contribution >= 0.6 is 11.8 Å². The largest absolute Gasteiger partial charge is 0.355 e. The zero-order valence-electron chi connectivity index (χ0n) is 16.2. The van der Waals surface area contributed by atoms with Gasteiger partial charge >= 0.3 is 5.69 Å². The molecule has 1 aliphatic carbocycles. The average molecular weight is 394 g/mol. The summed E-state index contributed by atoms with van der Waals surface area (Å²) in [6, 6.07) is 0. The molecule has 0 aliphatic heterocycles. The predicted octanol–water partition coefficient (Wildman–Crippen LogP) is 1.24. The SMILES string of the molecule is CCCn1c(SCC(=O)NCC2CCCC2)nc2c1c(=O)n(C)c(=O)n2C. The van der Waals surface area contributed by atoms with Gasteiger partial charge in [0.15, 0.2) is 16.3 Å². The molecule has 1 fully saturated rings. The van der Waals surface area contributed by atoms with Gasteiger partial charge in [-0.25, -0.2) is 9.78 Å². The summed E-state index contributed by atoms with van der Waals surface area (Å²) in [5.74, 6) is 0.818. The van der Waals surface area contributed by atoms with Gasteiger partial charge in [0, 0.05) is 27.2 Å². The number of rotatable bonds is 7. The zero-order chi connectivity index (χ0) is 19.6. The van der Waals surface area contributed by atoms with Gasteiger partial charge in [0.2, 0.25) is 5.91 Å². The molecule has 0 bridgehead atoms. The Kier molecular flexibility index (Phi) is 6.08. The number of hydrogen-bond donors (Lipinski definition) is 1. The summed E-state index contributed by atoms with van der Waals surface area (Å²) in [6.07, 6.45) is 5.71. The van der Waals surface area contributed by atoms with Gasteiger partial charge in [-0.05, 0) is 25.2 Å². The maximum absolute atomic E-state index is 12.6. The summed E-state index contributed by atoms with van der Waals surface area (Å²) in [5.41, 5.74) is 0.0202. The van der Waals surface area contributed by atoms with Crippen LogP contribution in [0.4, 0.5) is 0 Å². The Morgan fingerprint density at radius 2 is 1.93 bits per heavy atom. The molecular formula is C18H27N5O3S. The predicted molar refractivity (Wildman–Crippen MR) is 106 cm³/mol. The lowest BCUT2D eigenvalue weighted by Gasteiger charge is -2.11. The smallest absolute Gasteiger partial charge is 0.332 e. The first-order valence-electron chi connectivity index (χ1n) is 9.49. The van der Waals surface area contributed by atoms with E-state index in [2.05, 4.69) is 10.3 Å². The summed E-state index contributed by atoms with van der Waals surface area (Å²) in [4.78, 5) is 41.5. The summed E-state index contributed by atoms with van der Waals surface area (Å²) in [5, 5.41) is 3.60. The number of amides is 1. The highest BCUT2D eigenvalue weighted by Crippen LogP contribution is 2.24. The molecule has 2 aromatic rings. The maximum Gasteiger partial charge on any atom is 0.332 e. The summed E-state index contributed by atoms with van der Waals surface area (Å²) in [7, 11) is 3.08. The molecule has 8 nitrogen and oxygen atoms in total. The number of carbonyl (C=O) groups is 1. The lowest BCUT2D eigenvalue weighted by Crippen LogP contribution is -2.37. The van der Waals surface area contributed by atoms with Crippen molar-refractivity contribution >= 4 is 28.8 Å². The Balaban J connectivity index is 1.81. The number of aromatic nitrogens is 4. The van der Waals surface area contributed by atoms with Gasteiger partial charge in [-0.2, -0.15) is 0 Å². The van der Waals surface area contributed by atoms with Crippen molar-refractivity contribution in [3.05, 3.63) is 20.8 Å². The average Bonchev–Trinajstić information content (AvgIpc) is 3.30. The van der Waals surface area contributed by atoms with Crippen LogP contribution in [0.15, 0.2) is 14.7 Å². The second-order valence-corrected chi connectivity index (χ2v) is 8.11. The van der Waals surface area contributed by atoms with E-state index in [0.29, 0.717) is 28.8 Å². The lowest BCUT2D eigenvalue weighted by atomic mass is 10.1. The van der Waals surface area contributed by atoms with Gasteiger partial charge in [0.25, 0.3) is 5.56 Å². The van der Waals surface area contributed by atoms with Crippen molar-refractivity contribution in [2.24, 2.45) is 20.0 Å². The van der Waals surface area contributed by atoms with E-state index in [-0.39, 0.29) is 17.2 Å². The molecule has 0 radical (unpaired) electrons. The third kappa shape index (κ3) is 3.97. The number of imidazole rings is 1. The van der Waals surface area contributed by atoms with E-state index >= 15 is 0 Å². The van der Waals surface area contributed by atoms with Crippen LogP contribution in [0.2, 0.25) is 0 Å². The van der Waals surface area contributed by atoms with Crippen LogP contribution in [0.25, 0.3) is 11.2 Å². The van der Waals surface area contributed by atoms with Crippen LogP contribution in [0.1, 0.15) is 39.0 Å². The minimum absolute atomic E-state index is 0.0243. The molecule has 0 saturated heterocycles.